The van der Waals surface area contributed by atoms with Gasteiger partial charge in [0.25, 0.3) is 0 Å². The van der Waals surface area contributed by atoms with Gasteiger partial charge in [0, 0.05) is 35.0 Å². The number of carbonyl (C=O) groups is 1. The van der Waals surface area contributed by atoms with E-state index in [4.69, 9.17) is 4.74 Å². The fraction of sp³-hybridized carbons (Fsp3) is 0.172. The second kappa shape index (κ2) is 9.74. The molecule has 0 bridgehead atoms. The smallest absolute Gasteiger partial charge is 0.437 e. The summed E-state index contributed by atoms with van der Waals surface area (Å²) in [5, 5.41) is 4.76. The first-order chi connectivity index (χ1) is 19.2. The van der Waals surface area contributed by atoms with Crippen molar-refractivity contribution in [2.75, 3.05) is 0 Å². The first kappa shape index (κ1) is 24.9. The van der Waals surface area contributed by atoms with Gasteiger partial charge in [0.15, 0.2) is 17.2 Å². The second-order valence-corrected chi connectivity index (χ2v) is 10.0. The quantitative estimate of drug-likeness (QED) is 0.244. The lowest BCUT2D eigenvalue weighted by atomic mass is 10.1. The van der Waals surface area contributed by atoms with Crippen molar-refractivity contribution in [2.45, 2.75) is 32.9 Å². The van der Waals surface area contributed by atoms with Gasteiger partial charge in [-0.25, -0.2) is 28.7 Å². The lowest BCUT2D eigenvalue weighted by Gasteiger charge is -2.18. The van der Waals surface area contributed by atoms with Crippen LogP contribution in [0.2, 0.25) is 0 Å². The van der Waals surface area contributed by atoms with E-state index in [1.807, 2.05) is 10.8 Å². The highest BCUT2D eigenvalue weighted by molar-refractivity contribution is 5.85. The van der Waals surface area contributed by atoms with E-state index in [0.29, 0.717) is 46.3 Å². The number of halogens is 1. The maximum absolute atomic E-state index is 13.6. The van der Waals surface area contributed by atoms with Crippen LogP contribution < -0.4 is 0 Å². The molecule has 0 atom stereocenters. The summed E-state index contributed by atoms with van der Waals surface area (Å²) < 4.78 is 22.0. The number of ether oxygens (including phenoxy) is 1. The zero-order chi connectivity index (χ0) is 27.9. The number of fused-ring (bicyclic) bond motifs is 2. The van der Waals surface area contributed by atoms with E-state index in [9.17, 15) is 9.18 Å². The van der Waals surface area contributed by atoms with Crippen molar-refractivity contribution in [1.29, 1.82) is 0 Å². The highest BCUT2D eigenvalue weighted by atomic mass is 19.1. The van der Waals surface area contributed by atoms with Gasteiger partial charge in [-0.3, -0.25) is 0 Å². The van der Waals surface area contributed by atoms with Crippen LogP contribution in [0.15, 0.2) is 61.2 Å². The summed E-state index contributed by atoms with van der Waals surface area (Å²) in [5.41, 5.74) is 3.17. The highest BCUT2D eigenvalue weighted by Gasteiger charge is 2.23. The van der Waals surface area contributed by atoms with Gasteiger partial charge in [0.2, 0.25) is 0 Å². The lowest BCUT2D eigenvalue weighted by molar-refractivity contribution is -0.456. The van der Waals surface area contributed by atoms with E-state index in [0.717, 1.165) is 15.8 Å². The normalized spacial score (nSPS) is 12.4. The predicted molar refractivity (Wildman–Crippen MR) is 143 cm³/mol. The van der Waals surface area contributed by atoms with Gasteiger partial charge in [-0.05, 0) is 56.5 Å². The zero-order valence-corrected chi connectivity index (χ0v) is 21.8. The van der Waals surface area contributed by atoms with Crippen molar-refractivity contribution in [3.05, 3.63) is 89.4 Å². The summed E-state index contributed by atoms with van der Waals surface area (Å²) >= 11 is 0. The SMILES string of the molecule is CC(C)(C)OC(=O)n1ncc2cc(C#Cc3ccnc(-c4ccnc([N+]5=Cc6cc(F)ccc6C5)n4)n3)cnc21. The number of hydrogen-bond acceptors (Lipinski definition) is 8. The third-order valence-corrected chi connectivity index (χ3v) is 5.84. The molecule has 0 fully saturated rings. The molecular weight excluding hydrogens is 511 g/mol. The first-order valence-corrected chi connectivity index (χ1v) is 12.4. The van der Waals surface area contributed by atoms with E-state index in [1.54, 1.807) is 69.8 Å². The third kappa shape index (κ3) is 5.15. The molecule has 4 aromatic heterocycles. The van der Waals surface area contributed by atoms with E-state index < -0.39 is 11.7 Å². The van der Waals surface area contributed by atoms with Crippen LogP contribution in [0.25, 0.3) is 22.6 Å². The van der Waals surface area contributed by atoms with Crippen LogP contribution in [0.3, 0.4) is 0 Å². The minimum Gasteiger partial charge on any atom is -0.442 e. The summed E-state index contributed by atoms with van der Waals surface area (Å²) in [5.74, 6) is 6.64. The largest absolute Gasteiger partial charge is 0.442 e. The van der Waals surface area contributed by atoms with Crippen molar-refractivity contribution < 1.29 is 18.5 Å². The molecule has 10 nitrogen and oxygen atoms in total. The Morgan fingerprint density at radius 1 is 1.02 bits per heavy atom. The summed E-state index contributed by atoms with van der Waals surface area (Å²) in [6, 6.07) is 9.91. The Labute approximate surface area is 228 Å². The maximum atomic E-state index is 13.6. The minimum atomic E-state index is -0.649. The number of carbonyl (C=O) groups excluding carboxylic acids is 1. The predicted octanol–water partition coefficient (Wildman–Crippen LogP) is 4.28. The Morgan fingerprint density at radius 3 is 2.73 bits per heavy atom. The summed E-state index contributed by atoms with van der Waals surface area (Å²) in [7, 11) is 0. The van der Waals surface area contributed by atoms with Gasteiger partial charge in [-0.15, -0.1) is 4.68 Å². The van der Waals surface area contributed by atoms with E-state index >= 15 is 0 Å². The van der Waals surface area contributed by atoms with Crippen LogP contribution >= 0.6 is 0 Å². The van der Waals surface area contributed by atoms with Crippen molar-refractivity contribution in [3.63, 3.8) is 0 Å². The molecule has 1 aliphatic heterocycles. The third-order valence-electron chi connectivity index (χ3n) is 5.84. The molecule has 0 amide bonds. The summed E-state index contributed by atoms with van der Waals surface area (Å²) in [6.07, 6.45) is 7.57. The Kier molecular flexibility index (Phi) is 6.07. The molecule has 40 heavy (non-hydrogen) atoms. The standard InChI is InChI=1S/C29H22FN8O2/c1-29(2,3)40-28(39)38-26-20(15-34-38)12-18(14-33-26)4-7-23-8-10-31-25(35-23)24-9-11-32-27(36-24)37-16-19-5-6-22(30)13-21(19)17-37/h5-6,8-15,17H,16H2,1-3H3/q+1. The molecule has 0 unspecified atom stereocenters. The molecule has 0 aliphatic carbocycles. The van der Waals surface area contributed by atoms with Gasteiger partial charge < -0.3 is 4.74 Å². The minimum absolute atomic E-state index is 0.288. The van der Waals surface area contributed by atoms with Crippen LogP contribution in [0, 0.1) is 17.7 Å². The van der Waals surface area contributed by atoms with Gasteiger partial charge in [0.1, 0.15) is 23.3 Å². The van der Waals surface area contributed by atoms with Gasteiger partial charge in [-0.1, -0.05) is 22.0 Å². The monoisotopic (exact) mass is 533 g/mol. The van der Waals surface area contributed by atoms with Crippen molar-refractivity contribution in [1.82, 2.24) is 34.7 Å². The Balaban J connectivity index is 1.23. The van der Waals surface area contributed by atoms with E-state index in [2.05, 4.69) is 41.9 Å². The van der Waals surface area contributed by atoms with Crippen molar-refractivity contribution in [3.8, 4) is 23.4 Å². The maximum Gasteiger partial charge on any atom is 0.437 e. The summed E-state index contributed by atoms with van der Waals surface area (Å²) in [4.78, 5) is 34.7. The fourth-order valence-electron chi connectivity index (χ4n) is 4.08. The molecule has 0 N–H and O–H groups in total. The molecule has 0 saturated heterocycles. The van der Waals surface area contributed by atoms with Crippen LogP contribution in [0.4, 0.5) is 15.1 Å². The molecule has 6 rings (SSSR count). The van der Waals surface area contributed by atoms with Gasteiger partial charge >= 0.3 is 12.0 Å². The number of hydrogen-bond donors (Lipinski definition) is 0. The molecule has 11 heteroatoms. The number of aromatic nitrogens is 7. The van der Waals surface area contributed by atoms with E-state index in [1.165, 1.54) is 12.1 Å². The van der Waals surface area contributed by atoms with Crippen molar-refractivity contribution in [2.24, 2.45) is 0 Å². The zero-order valence-electron chi connectivity index (χ0n) is 21.8. The second-order valence-electron chi connectivity index (χ2n) is 10.0. The molecule has 196 valence electrons. The highest BCUT2D eigenvalue weighted by Crippen LogP contribution is 2.22. The molecule has 0 radical (unpaired) electrons. The summed E-state index contributed by atoms with van der Waals surface area (Å²) in [6.45, 7) is 5.90. The molecule has 5 aromatic rings. The van der Waals surface area contributed by atoms with Crippen LogP contribution in [0.1, 0.15) is 43.2 Å². The number of benzene rings is 1. The lowest BCUT2D eigenvalue weighted by Crippen LogP contribution is -2.27. The first-order valence-electron chi connectivity index (χ1n) is 12.4. The van der Waals surface area contributed by atoms with Crippen molar-refractivity contribution >= 4 is 29.3 Å². The van der Waals surface area contributed by atoms with Gasteiger partial charge in [0.05, 0.1) is 19.0 Å². The molecule has 0 spiro atoms. The number of rotatable bonds is 2. The van der Waals surface area contributed by atoms with Crippen LogP contribution in [0.5, 0.6) is 0 Å². The van der Waals surface area contributed by atoms with Crippen LogP contribution in [-0.2, 0) is 11.3 Å². The topological polar surface area (TPSA) is 112 Å². The average molecular weight is 534 g/mol. The molecule has 5 heterocycles. The van der Waals surface area contributed by atoms with Gasteiger partial charge in [-0.2, -0.15) is 5.10 Å². The number of nitrogens with zero attached hydrogens (tertiary/aromatic N) is 8. The Bertz CT molecular complexity index is 1900. The Morgan fingerprint density at radius 2 is 1.88 bits per heavy atom. The molecular formula is C29H22FN8O2+. The average Bonchev–Trinajstić information content (AvgIpc) is 3.55. The molecule has 1 aliphatic rings. The van der Waals surface area contributed by atoms with E-state index in [-0.39, 0.29) is 5.82 Å². The molecule has 0 saturated carbocycles. The number of pyridine rings is 1. The Hall–Kier alpha value is -5.37. The fourth-order valence-corrected chi connectivity index (χ4v) is 4.08. The molecule has 1 aromatic carbocycles. The van der Waals surface area contributed by atoms with Crippen LogP contribution in [-0.4, -0.2) is 57.2 Å².